The fourth-order valence-electron chi connectivity index (χ4n) is 3.56. The Kier molecular flexibility index (Phi) is 3.34. The van der Waals surface area contributed by atoms with E-state index in [1.807, 2.05) is 5.43 Å². The summed E-state index contributed by atoms with van der Waals surface area (Å²) in [5.41, 5.74) is 10.2. The van der Waals surface area contributed by atoms with Crippen LogP contribution in [0.1, 0.15) is 25.7 Å². The highest BCUT2D eigenvalue weighted by atomic mass is 16.6. The highest BCUT2D eigenvalue weighted by molar-refractivity contribution is 5.66. The van der Waals surface area contributed by atoms with Crippen molar-refractivity contribution in [3.63, 3.8) is 0 Å². The Hall–Kier alpha value is -1.31. The molecule has 3 unspecified atom stereocenters. The molecule has 1 fully saturated rings. The number of hydrogen-bond acceptors (Lipinski definition) is 5. The van der Waals surface area contributed by atoms with Crippen LogP contribution in [0.15, 0.2) is 11.4 Å². The van der Waals surface area contributed by atoms with E-state index in [0.717, 1.165) is 12.8 Å². The highest BCUT2D eigenvalue weighted by Gasteiger charge is 2.51. The third-order valence-corrected chi connectivity index (χ3v) is 4.70. The van der Waals surface area contributed by atoms with Gasteiger partial charge in [0.05, 0.1) is 12.3 Å². The maximum Gasteiger partial charge on any atom is 0.421 e. The van der Waals surface area contributed by atoms with E-state index in [4.69, 9.17) is 10.6 Å². The molecular formula is C12H22N5O2+. The van der Waals surface area contributed by atoms with Crippen LogP contribution in [0, 0.1) is 17.8 Å². The zero-order valence-electron chi connectivity index (χ0n) is 11.2. The summed E-state index contributed by atoms with van der Waals surface area (Å²) in [6, 6.07) is 0. The predicted octanol–water partition coefficient (Wildman–Crippen LogP) is -0.837. The van der Waals surface area contributed by atoms with E-state index in [1.165, 1.54) is 24.2 Å². The Labute approximate surface area is 112 Å². The number of ether oxygens (including phenoxy) is 1. The summed E-state index contributed by atoms with van der Waals surface area (Å²) in [5, 5.41) is 2.12. The lowest BCUT2D eigenvalue weighted by Gasteiger charge is -2.12. The lowest BCUT2D eigenvalue weighted by atomic mass is 10.0. The molecule has 1 aliphatic heterocycles. The Bertz CT molecular complexity index is 411. The van der Waals surface area contributed by atoms with E-state index >= 15 is 0 Å². The molecule has 0 saturated heterocycles. The van der Waals surface area contributed by atoms with E-state index in [2.05, 4.69) is 23.0 Å². The first-order valence-electron chi connectivity index (χ1n) is 6.89. The molecule has 0 radical (unpaired) electrons. The molecule has 0 bridgehead atoms. The van der Waals surface area contributed by atoms with E-state index in [1.54, 1.807) is 0 Å². The molecule has 6 N–H and O–H groups in total. The number of nitrogens with one attached hydrogen (secondary N) is 2. The normalized spacial score (nSPS) is 33.2. The molecule has 2 aliphatic carbocycles. The summed E-state index contributed by atoms with van der Waals surface area (Å²) >= 11 is 0. The largest absolute Gasteiger partial charge is 0.448 e. The fraction of sp³-hybridized carbons (Fsp3) is 0.750. The summed E-state index contributed by atoms with van der Waals surface area (Å²) in [4.78, 5) is 11.0. The summed E-state index contributed by atoms with van der Waals surface area (Å²) in [7, 11) is 2.07. The monoisotopic (exact) mass is 268 g/mol. The van der Waals surface area contributed by atoms with Crippen molar-refractivity contribution >= 4 is 6.09 Å². The van der Waals surface area contributed by atoms with Gasteiger partial charge < -0.3 is 4.74 Å². The molecule has 7 heteroatoms. The van der Waals surface area contributed by atoms with Crippen LogP contribution in [0.5, 0.6) is 0 Å². The molecule has 0 aromatic rings. The van der Waals surface area contributed by atoms with Gasteiger partial charge in [0.1, 0.15) is 5.70 Å². The van der Waals surface area contributed by atoms with Gasteiger partial charge in [0.15, 0.2) is 0 Å². The van der Waals surface area contributed by atoms with Crippen LogP contribution in [0.3, 0.4) is 0 Å². The molecule has 3 atom stereocenters. The van der Waals surface area contributed by atoms with Crippen molar-refractivity contribution in [2.24, 2.45) is 23.6 Å². The van der Waals surface area contributed by atoms with Crippen LogP contribution in [0.25, 0.3) is 0 Å². The van der Waals surface area contributed by atoms with Crippen molar-refractivity contribution in [1.82, 2.24) is 16.0 Å². The predicted molar refractivity (Wildman–Crippen MR) is 67.5 cm³/mol. The molecule has 3 rings (SSSR count). The summed E-state index contributed by atoms with van der Waals surface area (Å²) < 4.78 is 5.08. The molecule has 0 aromatic carbocycles. The Balaban J connectivity index is 1.54. The highest BCUT2D eigenvalue weighted by Crippen LogP contribution is 2.53. The number of fused-ring (bicyclic) bond motifs is 1. The second kappa shape index (κ2) is 4.99. The first kappa shape index (κ1) is 12.7. The lowest BCUT2D eigenvalue weighted by molar-refractivity contribution is -0.677. The zero-order chi connectivity index (χ0) is 13.4. The maximum atomic E-state index is 11.0. The minimum absolute atomic E-state index is 0.501. The van der Waals surface area contributed by atoms with Gasteiger partial charge in [0, 0.05) is 13.5 Å². The van der Waals surface area contributed by atoms with E-state index in [9.17, 15) is 4.79 Å². The number of amides is 1. The van der Waals surface area contributed by atoms with Crippen molar-refractivity contribution in [3.05, 3.63) is 11.4 Å². The number of quaternary nitrogens is 1. The summed E-state index contributed by atoms with van der Waals surface area (Å²) in [6.45, 7) is 0.501. The van der Waals surface area contributed by atoms with Crippen molar-refractivity contribution in [3.8, 4) is 0 Å². The van der Waals surface area contributed by atoms with Crippen LogP contribution >= 0.6 is 0 Å². The number of carbonyl (C=O) groups excluding carboxylic acids is 1. The van der Waals surface area contributed by atoms with Gasteiger partial charge >= 0.3 is 6.09 Å². The minimum atomic E-state index is -0.530. The van der Waals surface area contributed by atoms with E-state index in [0.29, 0.717) is 24.4 Å². The number of allylic oxidation sites excluding steroid dienone is 2. The van der Waals surface area contributed by atoms with Crippen LogP contribution in [0.4, 0.5) is 4.79 Å². The van der Waals surface area contributed by atoms with Gasteiger partial charge in [-0.25, -0.2) is 16.1 Å². The zero-order valence-corrected chi connectivity index (χ0v) is 11.2. The number of rotatable bonds is 2. The molecule has 7 nitrogen and oxygen atoms in total. The minimum Gasteiger partial charge on any atom is -0.448 e. The quantitative estimate of drug-likeness (QED) is 0.298. The van der Waals surface area contributed by atoms with Crippen molar-refractivity contribution in [2.75, 3.05) is 13.7 Å². The molecule has 0 spiro atoms. The molecule has 19 heavy (non-hydrogen) atoms. The van der Waals surface area contributed by atoms with Gasteiger partial charge in [-0.3, -0.25) is 10.4 Å². The third kappa shape index (κ3) is 2.41. The molecule has 0 aromatic heterocycles. The second-order valence-electron chi connectivity index (χ2n) is 5.62. The number of hydrogen-bond donors (Lipinski definition) is 4. The number of nitrogens with two attached hydrogens (primary N) is 2. The van der Waals surface area contributed by atoms with Crippen LogP contribution in [-0.2, 0) is 4.74 Å². The first-order chi connectivity index (χ1) is 9.20. The molecule has 1 saturated carbocycles. The lowest BCUT2D eigenvalue weighted by Crippen LogP contribution is -2.90. The smallest absolute Gasteiger partial charge is 0.421 e. The molecule has 3 aliphatic rings. The number of carbonyl (C=O) groups is 1. The number of nitrogens with zero attached hydrogens (tertiary/aromatic N) is 1. The molecule has 106 valence electrons. The Morgan fingerprint density at radius 3 is 3.00 bits per heavy atom. The van der Waals surface area contributed by atoms with E-state index in [-0.39, 0.29) is 0 Å². The van der Waals surface area contributed by atoms with Crippen LogP contribution in [-0.4, -0.2) is 24.8 Å². The SMILES string of the molecule is CN1N[NH2+]C2=C1CCC1C(CC2)C1COC(=O)NN. The van der Waals surface area contributed by atoms with Gasteiger partial charge in [-0.1, -0.05) is 5.53 Å². The van der Waals surface area contributed by atoms with E-state index < -0.39 is 6.09 Å². The van der Waals surface area contributed by atoms with Crippen molar-refractivity contribution in [1.29, 1.82) is 0 Å². The average molecular weight is 268 g/mol. The third-order valence-electron chi connectivity index (χ3n) is 4.70. The Morgan fingerprint density at radius 1 is 1.53 bits per heavy atom. The standard InChI is InChI=1S/C12H21N5O2/c1-17-11-5-3-8-7(2-4-10(11)15-16-17)9(8)6-19-12(18)14-13/h7-9,15-16H,2-6,13H2,1H3,(H,14,18)/p+1. The molecular weight excluding hydrogens is 246 g/mol. The van der Waals surface area contributed by atoms with Gasteiger partial charge in [0.25, 0.3) is 0 Å². The average Bonchev–Trinajstić information content (AvgIpc) is 2.93. The van der Waals surface area contributed by atoms with Gasteiger partial charge in [-0.05, 0) is 37.0 Å². The molecule has 1 amide bonds. The van der Waals surface area contributed by atoms with Crippen LogP contribution < -0.4 is 22.2 Å². The fourth-order valence-corrected chi connectivity index (χ4v) is 3.56. The number of hydrazine groups is 2. The van der Waals surface area contributed by atoms with Crippen LogP contribution in [0.2, 0.25) is 0 Å². The summed E-state index contributed by atoms with van der Waals surface area (Å²) in [5.74, 6) is 6.94. The topological polar surface area (TPSA) is 96.2 Å². The molecule has 1 heterocycles. The maximum absolute atomic E-state index is 11.0. The van der Waals surface area contributed by atoms with Crippen molar-refractivity contribution in [2.45, 2.75) is 25.7 Å². The van der Waals surface area contributed by atoms with Crippen molar-refractivity contribution < 1.29 is 15.0 Å². The Morgan fingerprint density at radius 2 is 2.26 bits per heavy atom. The van der Waals surface area contributed by atoms with Gasteiger partial charge in [-0.2, -0.15) is 0 Å². The first-order valence-corrected chi connectivity index (χ1v) is 6.89. The van der Waals surface area contributed by atoms with Gasteiger partial charge in [0.2, 0.25) is 0 Å². The van der Waals surface area contributed by atoms with Gasteiger partial charge in [-0.15, -0.1) is 0 Å². The second-order valence-corrected chi connectivity index (χ2v) is 5.62. The summed E-state index contributed by atoms with van der Waals surface area (Å²) in [6.07, 6.45) is 4.07.